The van der Waals surface area contributed by atoms with Gasteiger partial charge in [0, 0.05) is 23.1 Å². The number of hydrogen-bond donors (Lipinski definition) is 0. The molecule has 0 radical (unpaired) electrons. The van der Waals surface area contributed by atoms with Crippen LogP contribution in [-0.2, 0) is 14.3 Å². The highest BCUT2D eigenvalue weighted by molar-refractivity contribution is 7.99. The zero-order chi connectivity index (χ0) is 15.8. The summed E-state index contributed by atoms with van der Waals surface area (Å²) < 4.78 is 18.0. The van der Waals surface area contributed by atoms with Gasteiger partial charge in [0.25, 0.3) is 0 Å². The van der Waals surface area contributed by atoms with Gasteiger partial charge in [-0.3, -0.25) is 9.59 Å². The van der Waals surface area contributed by atoms with Gasteiger partial charge in [0.15, 0.2) is 0 Å². The van der Waals surface area contributed by atoms with Gasteiger partial charge in [0.2, 0.25) is 5.91 Å². The van der Waals surface area contributed by atoms with Crippen LogP contribution in [-0.4, -0.2) is 42.2 Å². The molecular formula is C15H20FNO3S. The van der Waals surface area contributed by atoms with E-state index in [1.54, 1.807) is 18.2 Å². The molecule has 0 aromatic heterocycles. The first-order chi connectivity index (χ1) is 9.95. The smallest absolute Gasteiger partial charge is 0.325 e. The molecule has 0 bridgehead atoms. The summed E-state index contributed by atoms with van der Waals surface area (Å²) in [5.41, 5.74) is 0. The molecule has 1 amide bonds. The van der Waals surface area contributed by atoms with Crippen LogP contribution in [0.4, 0.5) is 4.39 Å². The predicted molar refractivity (Wildman–Crippen MR) is 80.6 cm³/mol. The van der Waals surface area contributed by atoms with Gasteiger partial charge < -0.3 is 9.64 Å². The summed E-state index contributed by atoms with van der Waals surface area (Å²) in [5.74, 6) is -0.410. The number of carbonyl (C=O) groups is 2. The van der Waals surface area contributed by atoms with Crippen LogP contribution in [0.25, 0.3) is 0 Å². The fraction of sp³-hybridized carbons (Fsp3) is 0.467. The van der Waals surface area contributed by atoms with Crippen molar-refractivity contribution in [2.75, 3.05) is 19.4 Å². The average Bonchev–Trinajstić information content (AvgIpc) is 2.45. The second-order valence-electron chi connectivity index (χ2n) is 4.72. The zero-order valence-electron chi connectivity index (χ0n) is 12.5. The molecule has 0 aliphatic heterocycles. The van der Waals surface area contributed by atoms with Gasteiger partial charge in [-0.05, 0) is 26.0 Å². The molecule has 6 heteroatoms. The summed E-state index contributed by atoms with van der Waals surface area (Å²) in [7, 11) is 1.29. The number of amides is 1. The Kier molecular flexibility index (Phi) is 7.22. The summed E-state index contributed by atoms with van der Waals surface area (Å²) in [4.78, 5) is 25.4. The first-order valence-corrected chi connectivity index (χ1v) is 7.68. The SMILES string of the molecule is COC(=O)CN(C(=O)CCSc1ccccc1F)C(C)C. The number of methoxy groups -OCH3 is 1. The lowest BCUT2D eigenvalue weighted by molar-refractivity contribution is -0.148. The minimum absolute atomic E-state index is 0.0582. The van der Waals surface area contributed by atoms with Crippen molar-refractivity contribution in [3.8, 4) is 0 Å². The fourth-order valence-corrected chi connectivity index (χ4v) is 2.59. The van der Waals surface area contributed by atoms with Crippen LogP contribution in [0.2, 0.25) is 0 Å². The van der Waals surface area contributed by atoms with Gasteiger partial charge in [-0.2, -0.15) is 0 Å². The molecule has 0 N–H and O–H groups in total. The molecule has 0 aliphatic rings. The third-order valence-electron chi connectivity index (χ3n) is 2.88. The average molecular weight is 313 g/mol. The molecular weight excluding hydrogens is 293 g/mol. The van der Waals surface area contributed by atoms with Crippen molar-refractivity contribution in [1.82, 2.24) is 4.90 Å². The molecule has 0 aliphatic carbocycles. The highest BCUT2D eigenvalue weighted by Crippen LogP contribution is 2.22. The molecule has 1 aromatic carbocycles. The lowest BCUT2D eigenvalue weighted by Crippen LogP contribution is -2.41. The van der Waals surface area contributed by atoms with Crippen LogP contribution in [0.1, 0.15) is 20.3 Å². The third kappa shape index (κ3) is 5.75. The molecule has 0 saturated heterocycles. The van der Waals surface area contributed by atoms with E-state index in [4.69, 9.17) is 0 Å². The summed E-state index contributed by atoms with van der Waals surface area (Å²) in [6.07, 6.45) is 0.244. The standard InChI is InChI=1S/C15H20FNO3S/c1-11(2)17(10-15(19)20-3)14(18)8-9-21-13-7-5-4-6-12(13)16/h4-7,11H,8-10H2,1-3H3. The monoisotopic (exact) mass is 313 g/mol. The lowest BCUT2D eigenvalue weighted by atomic mass is 10.3. The Balaban J connectivity index is 2.50. The van der Waals surface area contributed by atoms with Crippen LogP contribution >= 0.6 is 11.8 Å². The summed E-state index contributed by atoms with van der Waals surface area (Å²) in [6.45, 7) is 3.62. The van der Waals surface area contributed by atoms with E-state index in [1.807, 2.05) is 13.8 Å². The van der Waals surface area contributed by atoms with E-state index >= 15 is 0 Å². The van der Waals surface area contributed by atoms with Gasteiger partial charge >= 0.3 is 5.97 Å². The summed E-state index contributed by atoms with van der Waals surface area (Å²) in [5, 5.41) is 0. The van der Waals surface area contributed by atoms with Gasteiger partial charge in [-0.1, -0.05) is 12.1 Å². The van der Waals surface area contributed by atoms with Gasteiger partial charge in [-0.25, -0.2) is 4.39 Å². The van der Waals surface area contributed by atoms with Crippen molar-refractivity contribution in [3.05, 3.63) is 30.1 Å². The number of carbonyl (C=O) groups excluding carboxylic acids is 2. The molecule has 0 fully saturated rings. The highest BCUT2D eigenvalue weighted by Gasteiger charge is 2.20. The molecule has 116 valence electrons. The van der Waals surface area contributed by atoms with E-state index in [0.29, 0.717) is 10.6 Å². The molecule has 0 spiro atoms. The molecule has 0 saturated carbocycles. The number of hydrogen-bond acceptors (Lipinski definition) is 4. The van der Waals surface area contributed by atoms with Gasteiger partial charge in [0.1, 0.15) is 12.4 Å². The maximum absolute atomic E-state index is 13.4. The van der Waals surface area contributed by atoms with Crippen LogP contribution in [0, 0.1) is 5.82 Å². The van der Waals surface area contributed by atoms with Crippen LogP contribution in [0.3, 0.4) is 0 Å². The number of thioether (sulfide) groups is 1. The highest BCUT2D eigenvalue weighted by atomic mass is 32.2. The van der Waals surface area contributed by atoms with E-state index in [0.717, 1.165) is 0 Å². The number of halogens is 1. The zero-order valence-corrected chi connectivity index (χ0v) is 13.3. The van der Waals surface area contributed by atoms with E-state index in [1.165, 1.54) is 29.8 Å². The Morgan fingerprint density at radius 1 is 1.33 bits per heavy atom. The second kappa shape index (κ2) is 8.67. The van der Waals surface area contributed by atoms with Crippen molar-refractivity contribution in [2.45, 2.75) is 31.2 Å². The quantitative estimate of drug-likeness (QED) is 0.573. The van der Waals surface area contributed by atoms with E-state index in [9.17, 15) is 14.0 Å². The largest absolute Gasteiger partial charge is 0.468 e. The molecule has 4 nitrogen and oxygen atoms in total. The number of nitrogens with zero attached hydrogens (tertiary/aromatic N) is 1. The summed E-state index contributed by atoms with van der Waals surface area (Å²) in [6, 6.07) is 6.36. The van der Waals surface area contributed by atoms with Crippen molar-refractivity contribution in [1.29, 1.82) is 0 Å². The maximum Gasteiger partial charge on any atom is 0.325 e. The number of ether oxygens (including phenoxy) is 1. The molecule has 1 aromatic rings. The molecule has 1 rings (SSSR count). The molecule has 0 atom stereocenters. The van der Waals surface area contributed by atoms with Crippen LogP contribution < -0.4 is 0 Å². The first kappa shape index (κ1) is 17.5. The van der Waals surface area contributed by atoms with Crippen LogP contribution in [0.5, 0.6) is 0 Å². The summed E-state index contributed by atoms with van der Waals surface area (Å²) >= 11 is 1.29. The Labute approximate surface area is 128 Å². The van der Waals surface area contributed by atoms with Crippen molar-refractivity contribution >= 4 is 23.6 Å². The fourth-order valence-electron chi connectivity index (χ4n) is 1.72. The molecule has 0 unspecified atom stereocenters. The lowest BCUT2D eigenvalue weighted by Gasteiger charge is -2.25. The Morgan fingerprint density at radius 2 is 2.00 bits per heavy atom. The van der Waals surface area contributed by atoms with Gasteiger partial charge in [0.05, 0.1) is 7.11 Å². The normalized spacial score (nSPS) is 10.5. The number of rotatable bonds is 7. The van der Waals surface area contributed by atoms with E-state index in [-0.39, 0.29) is 30.7 Å². The van der Waals surface area contributed by atoms with Crippen LogP contribution in [0.15, 0.2) is 29.2 Å². The Morgan fingerprint density at radius 3 is 2.57 bits per heavy atom. The first-order valence-electron chi connectivity index (χ1n) is 6.69. The molecule has 21 heavy (non-hydrogen) atoms. The van der Waals surface area contributed by atoms with Crippen molar-refractivity contribution in [3.63, 3.8) is 0 Å². The predicted octanol–water partition coefficient (Wildman–Crippen LogP) is 2.72. The minimum atomic E-state index is -0.446. The topological polar surface area (TPSA) is 46.6 Å². The van der Waals surface area contributed by atoms with E-state index in [2.05, 4.69) is 4.74 Å². The molecule has 0 heterocycles. The Bertz CT molecular complexity index is 494. The third-order valence-corrected chi connectivity index (χ3v) is 3.93. The van der Waals surface area contributed by atoms with Crippen molar-refractivity contribution < 1.29 is 18.7 Å². The minimum Gasteiger partial charge on any atom is -0.468 e. The maximum atomic E-state index is 13.4. The van der Waals surface area contributed by atoms with E-state index < -0.39 is 5.97 Å². The number of esters is 1. The Hall–Kier alpha value is -1.56. The second-order valence-corrected chi connectivity index (χ2v) is 5.86. The van der Waals surface area contributed by atoms with Gasteiger partial charge in [-0.15, -0.1) is 11.8 Å². The van der Waals surface area contributed by atoms with Crippen molar-refractivity contribution in [2.24, 2.45) is 0 Å². The number of benzene rings is 1.